The van der Waals surface area contributed by atoms with Gasteiger partial charge in [-0.15, -0.1) is 0 Å². The predicted octanol–water partition coefficient (Wildman–Crippen LogP) is 3.96. The number of benzene rings is 2. The van der Waals surface area contributed by atoms with E-state index in [4.69, 9.17) is 22.1 Å². The van der Waals surface area contributed by atoms with Gasteiger partial charge in [0.1, 0.15) is 17.9 Å². The summed E-state index contributed by atoms with van der Waals surface area (Å²) in [5.74, 6) is 0.792. The van der Waals surface area contributed by atoms with Gasteiger partial charge >= 0.3 is 0 Å². The highest BCUT2D eigenvalue weighted by atomic mass is 35.5. The fourth-order valence-corrected chi connectivity index (χ4v) is 3.66. The van der Waals surface area contributed by atoms with Crippen LogP contribution in [0.1, 0.15) is 24.4 Å². The molecule has 1 aromatic heterocycles. The van der Waals surface area contributed by atoms with E-state index in [1.165, 1.54) is 0 Å². The number of ether oxygens (including phenoxy) is 1. The average Bonchev–Trinajstić information content (AvgIpc) is 2.74. The molecule has 3 aromatic rings. The van der Waals surface area contributed by atoms with Crippen LogP contribution >= 0.6 is 11.6 Å². The third-order valence-electron chi connectivity index (χ3n) is 5.16. The first-order valence-electron chi connectivity index (χ1n) is 9.40. The molecular weight excluding hydrogens is 374 g/mol. The summed E-state index contributed by atoms with van der Waals surface area (Å²) in [4.78, 5) is 18.7. The minimum atomic E-state index is -0.663. The number of halogens is 1. The van der Waals surface area contributed by atoms with Gasteiger partial charge in [-0.1, -0.05) is 23.7 Å². The number of hydrogen-bond acceptors (Lipinski definition) is 4. The van der Waals surface area contributed by atoms with Crippen molar-refractivity contribution in [3.63, 3.8) is 0 Å². The summed E-state index contributed by atoms with van der Waals surface area (Å²) in [6, 6.07) is 14.4. The highest BCUT2D eigenvalue weighted by molar-refractivity contribution is 6.30. The van der Waals surface area contributed by atoms with E-state index in [0.717, 1.165) is 34.9 Å². The third-order valence-corrected chi connectivity index (χ3v) is 5.42. The number of hydrogen-bond donors (Lipinski definition) is 1. The summed E-state index contributed by atoms with van der Waals surface area (Å²) < 4.78 is 6.15. The molecule has 1 fully saturated rings. The lowest BCUT2D eigenvalue weighted by atomic mass is 10.0. The van der Waals surface area contributed by atoms with Crippen molar-refractivity contribution in [3.05, 3.63) is 71.5 Å². The monoisotopic (exact) mass is 395 g/mol. The SMILES string of the molecule is NC(C(=O)N1CCC(Oc2ccc3cnccc3c2)CC1)c1ccc(Cl)cc1. The minimum absolute atomic E-state index is 0.0565. The van der Waals surface area contributed by atoms with Gasteiger partial charge in [-0.3, -0.25) is 9.78 Å². The lowest BCUT2D eigenvalue weighted by Crippen LogP contribution is -2.45. The molecule has 28 heavy (non-hydrogen) atoms. The van der Waals surface area contributed by atoms with Crippen LogP contribution in [0.5, 0.6) is 5.75 Å². The molecule has 5 nitrogen and oxygen atoms in total. The fourth-order valence-electron chi connectivity index (χ4n) is 3.53. The first kappa shape index (κ1) is 18.7. The molecule has 2 aromatic carbocycles. The summed E-state index contributed by atoms with van der Waals surface area (Å²) in [7, 11) is 0. The van der Waals surface area contributed by atoms with Crippen LogP contribution in [0.3, 0.4) is 0 Å². The number of likely N-dealkylation sites (tertiary alicyclic amines) is 1. The Balaban J connectivity index is 1.34. The standard InChI is InChI=1S/C22H22ClN3O2/c23-18-4-1-15(2-5-18)21(24)22(27)26-11-8-19(9-12-26)28-20-6-3-17-14-25-10-7-16(17)13-20/h1-7,10,13-14,19,21H,8-9,11-12,24H2. The molecule has 1 amide bonds. The van der Waals surface area contributed by atoms with Crippen LogP contribution < -0.4 is 10.5 Å². The Morgan fingerprint density at radius 1 is 1.11 bits per heavy atom. The summed E-state index contributed by atoms with van der Waals surface area (Å²) >= 11 is 5.91. The molecule has 0 spiro atoms. The number of amides is 1. The Kier molecular flexibility index (Phi) is 5.46. The molecule has 2 N–H and O–H groups in total. The number of nitrogens with zero attached hydrogens (tertiary/aromatic N) is 2. The molecule has 0 aliphatic carbocycles. The molecule has 0 bridgehead atoms. The van der Waals surface area contributed by atoms with Crippen LogP contribution in [0.25, 0.3) is 10.8 Å². The largest absolute Gasteiger partial charge is 0.490 e. The van der Waals surface area contributed by atoms with Crippen molar-refractivity contribution in [2.24, 2.45) is 5.73 Å². The zero-order valence-electron chi connectivity index (χ0n) is 15.4. The summed E-state index contributed by atoms with van der Waals surface area (Å²) in [6.45, 7) is 1.28. The molecule has 2 heterocycles. The van der Waals surface area contributed by atoms with Crippen molar-refractivity contribution in [1.82, 2.24) is 9.88 Å². The second-order valence-electron chi connectivity index (χ2n) is 7.06. The Hall–Kier alpha value is -2.63. The Morgan fingerprint density at radius 2 is 1.86 bits per heavy atom. The Labute approximate surface area is 169 Å². The van der Waals surface area contributed by atoms with Gasteiger partial charge in [0.25, 0.3) is 0 Å². The van der Waals surface area contributed by atoms with E-state index in [2.05, 4.69) is 4.98 Å². The quantitative estimate of drug-likeness (QED) is 0.726. The molecule has 0 radical (unpaired) electrons. The van der Waals surface area contributed by atoms with Crippen molar-refractivity contribution < 1.29 is 9.53 Å². The zero-order valence-corrected chi connectivity index (χ0v) is 16.2. The van der Waals surface area contributed by atoms with Gasteiger partial charge in [0.05, 0.1) is 0 Å². The summed E-state index contributed by atoms with van der Waals surface area (Å²) in [6.07, 6.45) is 5.28. The molecular formula is C22H22ClN3O2. The highest BCUT2D eigenvalue weighted by Crippen LogP contribution is 2.25. The fraction of sp³-hybridized carbons (Fsp3) is 0.273. The van der Waals surface area contributed by atoms with Crippen molar-refractivity contribution >= 4 is 28.3 Å². The summed E-state index contributed by atoms with van der Waals surface area (Å²) in [5.41, 5.74) is 6.94. The van der Waals surface area contributed by atoms with Gasteiger partial charge in [-0.25, -0.2) is 0 Å². The average molecular weight is 396 g/mol. The number of rotatable bonds is 4. The predicted molar refractivity (Wildman–Crippen MR) is 110 cm³/mol. The van der Waals surface area contributed by atoms with Gasteiger partial charge in [0.15, 0.2) is 0 Å². The molecule has 1 unspecified atom stereocenters. The van der Waals surface area contributed by atoms with E-state index in [0.29, 0.717) is 18.1 Å². The van der Waals surface area contributed by atoms with Crippen molar-refractivity contribution in [2.45, 2.75) is 25.0 Å². The molecule has 1 atom stereocenters. The van der Waals surface area contributed by atoms with E-state index < -0.39 is 6.04 Å². The highest BCUT2D eigenvalue weighted by Gasteiger charge is 2.28. The maximum Gasteiger partial charge on any atom is 0.244 e. The molecule has 4 rings (SSSR count). The number of carbonyl (C=O) groups is 1. The smallest absolute Gasteiger partial charge is 0.244 e. The topological polar surface area (TPSA) is 68.5 Å². The van der Waals surface area contributed by atoms with Crippen LogP contribution in [0.4, 0.5) is 0 Å². The van der Waals surface area contributed by atoms with E-state index >= 15 is 0 Å². The van der Waals surface area contributed by atoms with Crippen LogP contribution in [-0.4, -0.2) is 35.0 Å². The van der Waals surface area contributed by atoms with E-state index in [9.17, 15) is 4.79 Å². The molecule has 1 aliphatic rings. The summed E-state index contributed by atoms with van der Waals surface area (Å²) in [5, 5.41) is 2.83. The van der Waals surface area contributed by atoms with Crippen LogP contribution in [0.2, 0.25) is 5.02 Å². The molecule has 0 saturated carbocycles. The van der Waals surface area contributed by atoms with Gasteiger partial charge in [-0.05, 0) is 47.3 Å². The first-order chi connectivity index (χ1) is 13.6. The number of fused-ring (bicyclic) bond motifs is 1. The lowest BCUT2D eigenvalue weighted by Gasteiger charge is -2.33. The third kappa shape index (κ3) is 4.11. The van der Waals surface area contributed by atoms with Crippen LogP contribution in [-0.2, 0) is 4.79 Å². The van der Waals surface area contributed by atoms with Gasteiger partial charge in [0.2, 0.25) is 5.91 Å². The maximum atomic E-state index is 12.7. The molecule has 1 aliphatic heterocycles. The van der Waals surface area contributed by atoms with Gasteiger partial charge in [0, 0.05) is 48.7 Å². The Morgan fingerprint density at radius 3 is 2.61 bits per heavy atom. The van der Waals surface area contributed by atoms with Crippen molar-refractivity contribution in [1.29, 1.82) is 0 Å². The van der Waals surface area contributed by atoms with E-state index in [1.807, 2.05) is 35.4 Å². The van der Waals surface area contributed by atoms with Crippen molar-refractivity contribution in [3.8, 4) is 5.75 Å². The minimum Gasteiger partial charge on any atom is -0.490 e. The second-order valence-corrected chi connectivity index (χ2v) is 7.49. The van der Waals surface area contributed by atoms with E-state index in [-0.39, 0.29) is 12.0 Å². The number of carbonyl (C=O) groups excluding carboxylic acids is 1. The number of piperidine rings is 1. The number of pyridine rings is 1. The van der Waals surface area contributed by atoms with Crippen LogP contribution in [0.15, 0.2) is 60.9 Å². The zero-order chi connectivity index (χ0) is 19.5. The number of aromatic nitrogens is 1. The molecule has 1 saturated heterocycles. The first-order valence-corrected chi connectivity index (χ1v) is 9.78. The van der Waals surface area contributed by atoms with Crippen molar-refractivity contribution in [2.75, 3.05) is 13.1 Å². The normalized spacial score (nSPS) is 16.1. The Bertz CT molecular complexity index is 969. The maximum absolute atomic E-state index is 12.7. The van der Waals surface area contributed by atoms with Gasteiger partial charge < -0.3 is 15.4 Å². The second kappa shape index (κ2) is 8.17. The van der Waals surface area contributed by atoms with E-state index in [1.54, 1.807) is 30.5 Å². The van der Waals surface area contributed by atoms with Crippen LogP contribution in [0, 0.1) is 0 Å². The molecule has 144 valence electrons. The molecule has 6 heteroatoms. The number of nitrogens with two attached hydrogens (primary N) is 1. The van der Waals surface area contributed by atoms with Gasteiger partial charge in [-0.2, -0.15) is 0 Å². The lowest BCUT2D eigenvalue weighted by molar-refractivity contribution is -0.134.